The van der Waals surface area contributed by atoms with E-state index in [0.29, 0.717) is 19.2 Å². The summed E-state index contributed by atoms with van der Waals surface area (Å²) in [5, 5.41) is 2.91. The number of barbiturate groups is 1. The molecule has 13 heteroatoms. The molecule has 0 saturated carbocycles. The van der Waals surface area contributed by atoms with Gasteiger partial charge in [0.1, 0.15) is 10.5 Å². The third-order valence-corrected chi connectivity index (χ3v) is 7.67. The summed E-state index contributed by atoms with van der Waals surface area (Å²) in [6.45, 7) is 1.87. The van der Waals surface area contributed by atoms with Crippen molar-refractivity contribution in [3.8, 4) is 11.5 Å². The Hall–Kier alpha value is -3.13. The average Bonchev–Trinajstić information content (AvgIpc) is 2.85. The number of carbonyl (C=O) groups is 3. The molecule has 0 spiro atoms. The maximum absolute atomic E-state index is 13.2. The molecule has 1 aliphatic rings. The van der Waals surface area contributed by atoms with Crippen molar-refractivity contribution >= 4 is 85.5 Å². The molecule has 0 unspecified atom stereocenters. The summed E-state index contributed by atoms with van der Waals surface area (Å²) in [6.07, 6.45) is 1.27. The number of nitrogens with zero attached hydrogens (tertiary/aromatic N) is 1. The maximum atomic E-state index is 13.2. The van der Waals surface area contributed by atoms with E-state index in [2.05, 4.69) is 5.32 Å². The van der Waals surface area contributed by atoms with Crippen LogP contribution in [0.4, 0.5) is 10.5 Å². The number of carbonyl (C=O) groups excluding carboxylic acids is 3. The SMILES string of the molecule is CCOc1cc(/C=C2\C(=O)NC(=O)N(c3ccc(Cl)cc3)C2=O)cc(I)c1OS(=O)(=O)c1ccc(Cl)cc1. The molecule has 196 valence electrons. The minimum absolute atomic E-state index is 0.0676. The van der Waals surface area contributed by atoms with Crippen molar-refractivity contribution in [2.24, 2.45) is 0 Å². The number of hydrogen-bond acceptors (Lipinski definition) is 7. The number of ether oxygens (including phenoxy) is 1. The first-order valence-electron chi connectivity index (χ1n) is 10.8. The summed E-state index contributed by atoms with van der Waals surface area (Å²) in [6, 6.07) is 13.4. The Morgan fingerprint density at radius 1 is 0.974 bits per heavy atom. The Balaban J connectivity index is 1.72. The molecule has 4 amide bonds. The van der Waals surface area contributed by atoms with Crippen molar-refractivity contribution < 1.29 is 31.7 Å². The van der Waals surface area contributed by atoms with E-state index < -0.39 is 28.0 Å². The van der Waals surface area contributed by atoms with Crippen LogP contribution in [0.5, 0.6) is 11.5 Å². The van der Waals surface area contributed by atoms with Crippen LogP contribution >= 0.6 is 45.8 Å². The molecule has 3 aromatic carbocycles. The van der Waals surface area contributed by atoms with Crippen LogP contribution in [0.15, 0.2) is 71.1 Å². The second-order valence-corrected chi connectivity index (χ2v) is 11.3. The van der Waals surface area contributed by atoms with E-state index in [9.17, 15) is 22.8 Å². The molecule has 1 saturated heterocycles. The highest BCUT2D eigenvalue weighted by molar-refractivity contribution is 14.1. The summed E-state index contributed by atoms with van der Waals surface area (Å²) in [4.78, 5) is 38.9. The molecule has 0 aliphatic carbocycles. The van der Waals surface area contributed by atoms with Gasteiger partial charge in [0.05, 0.1) is 15.9 Å². The second-order valence-electron chi connectivity index (χ2n) is 7.69. The molecule has 0 bridgehead atoms. The Bertz CT molecular complexity index is 1570. The topological polar surface area (TPSA) is 119 Å². The Morgan fingerprint density at radius 3 is 2.18 bits per heavy atom. The van der Waals surface area contributed by atoms with Crippen LogP contribution < -0.4 is 19.1 Å². The molecule has 38 heavy (non-hydrogen) atoms. The molecule has 0 radical (unpaired) electrons. The summed E-state index contributed by atoms with van der Waals surface area (Å²) in [5.74, 6) is -1.73. The monoisotopic (exact) mass is 686 g/mol. The molecule has 0 aromatic heterocycles. The fourth-order valence-electron chi connectivity index (χ4n) is 3.42. The molecule has 1 heterocycles. The first-order valence-corrected chi connectivity index (χ1v) is 14.1. The van der Waals surface area contributed by atoms with Crippen molar-refractivity contribution in [1.29, 1.82) is 0 Å². The van der Waals surface area contributed by atoms with E-state index >= 15 is 0 Å². The highest BCUT2D eigenvalue weighted by Gasteiger charge is 2.37. The van der Waals surface area contributed by atoms with Crippen LogP contribution in [0.2, 0.25) is 10.0 Å². The molecule has 1 N–H and O–H groups in total. The van der Waals surface area contributed by atoms with Crippen LogP contribution in [-0.2, 0) is 19.7 Å². The van der Waals surface area contributed by atoms with Crippen LogP contribution in [-0.4, -0.2) is 32.9 Å². The lowest BCUT2D eigenvalue weighted by Crippen LogP contribution is -2.54. The fraction of sp³-hybridized carbons (Fsp3) is 0.0800. The highest BCUT2D eigenvalue weighted by Crippen LogP contribution is 2.37. The molecule has 0 atom stereocenters. The molecule has 9 nitrogen and oxygen atoms in total. The molecular formula is C25H17Cl2IN2O7S. The number of imide groups is 2. The van der Waals surface area contributed by atoms with Gasteiger partial charge < -0.3 is 8.92 Å². The van der Waals surface area contributed by atoms with E-state index in [1.54, 1.807) is 6.92 Å². The standard InChI is InChI=1S/C25H17Cl2IN2O7S/c1-2-36-21-13-14(12-20(28)22(21)37-38(34,35)18-9-5-16(27)6-10-18)11-19-23(31)29-25(33)30(24(19)32)17-7-3-15(26)4-8-17/h3-13H,2H2,1H3,(H,29,31,33)/b19-11+. The smallest absolute Gasteiger partial charge is 0.339 e. The van der Waals surface area contributed by atoms with Gasteiger partial charge >= 0.3 is 16.1 Å². The predicted molar refractivity (Wildman–Crippen MR) is 150 cm³/mol. The van der Waals surface area contributed by atoms with E-state index in [1.165, 1.54) is 66.7 Å². The van der Waals surface area contributed by atoms with Gasteiger partial charge in [-0.1, -0.05) is 23.2 Å². The van der Waals surface area contributed by atoms with Gasteiger partial charge in [-0.25, -0.2) is 9.69 Å². The van der Waals surface area contributed by atoms with Crippen molar-refractivity contribution in [2.45, 2.75) is 11.8 Å². The zero-order valence-corrected chi connectivity index (χ0v) is 23.9. The van der Waals surface area contributed by atoms with Crippen LogP contribution in [0.1, 0.15) is 12.5 Å². The molecule has 1 aliphatic heterocycles. The first kappa shape index (κ1) is 27.9. The van der Waals surface area contributed by atoms with Gasteiger partial charge in [-0.2, -0.15) is 8.42 Å². The Labute approximate surface area is 241 Å². The predicted octanol–water partition coefficient (Wildman–Crippen LogP) is 5.43. The van der Waals surface area contributed by atoms with Crippen LogP contribution in [0.25, 0.3) is 6.08 Å². The van der Waals surface area contributed by atoms with Crippen LogP contribution in [0, 0.1) is 3.57 Å². The maximum Gasteiger partial charge on any atom is 0.339 e. The largest absolute Gasteiger partial charge is 0.490 e. The number of halogens is 3. The number of amides is 4. The zero-order valence-electron chi connectivity index (χ0n) is 19.4. The lowest BCUT2D eigenvalue weighted by atomic mass is 10.1. The van der Waals surface area contributed by atoms with Crippen LogP contribution in [0.3, 0.4) is 0 Å². The number of rotatable bonds is 7. The zero-order chi connectivity index (χ0) is 27.6. The van der Waals surface area contributed by atoms with Gasteiger partial charge in [-0.05, 0) is 102 Å². The summed E-state index contributed by atoms with van der Waals surface area (Å²) < 4.78 is 37.0. The number of anilines is 1. The fourth-order valence-corrected chi connectivity index (χ4v) is 5.52. The summed E-state index contributed by atoms with van der Waals surface area (Å²) in [5.41, 5.74) is 0.231. The molecule has 1 fully saturated rings. The number of benzene rings is 3. The van der Waals surface area contributed by atoms with Gasteiger partial charge in [0, 0.05) is 10.0 Å². The Morgan fingerprint density at radius 2 is 1.58 bits per heavy atom. The van der Waals surface area contributed by atoms with E-state index in [-0.39, 0.29) is 34.3 Å². The van der Waals surface area contributed by atoms with E-state index in [1.807, 2.05) is 22.6 Å². The third kappa shape index (κ3) is 5.96. The van der Waals surface area contributed by atoms with E-state index in [4.69, 9.17) is 32.1 Å². The number of nitrogens with one attached hydrogen (secondary N) is 1. The summed E-state index contributed by atoms with van der Waals surface area (Å²) >= 11 is 13.6. The third-order valence-electron chi connectivity index (χ3n) is 5.12. The van der Waals surface area contributed by atoms with Crippen molar-refractivity contribution in [3.63, 3.8) is 0 Å². The highest BCUT2D eigenvalue weighted by atomic mass is 127. The quantitative estimate of drug-likeness (QED) is 0.152. The van der Waals surface area contributed by atoms with Gasteiger partial charge in [0.15, 0.2) is 11.5 Å². The minimum atomic E-state index is -4.23. The lowest BCUT2D eigenvalue weighted by molar-refractivity contribution is -0.122. The van der Waals surface area contributed by atoms with E-state index in [0.717, 1.165) is 4.90 Å². The van der Waals surface area contributed by atoms with Crippen molar-refractivity contribution in [1.82, 2.24) is 5.32 Å². The van der Waals surface area contributed by atoms with Crippen molar-refractivity contribution in [3.05, 3.63) is 85.4 Å². The molecule has 4 rings (SSSR count). The Kier molecular flexibility index (Phi) is 8.31. The number of urea groups is 1. The van der Waals surface area contributed by atoms with Gasteiger partial charge in [-0.3, -0.25) is 14.9 Å². The van der Waals surface area contributed by atoms with Gasteiger partial charge in [0.2, 0.25) is 0 Å². The second kappa shape index (κ2) is 11.3. The van der Waals surface area contributed by atoms with Gasteiger partial charge in [-0.15, -0.1) is 0 Å². The summed E-state index contributed by atoms with van der Waals surface area (Å²) in [7, 11) is -4.23. The van der Waals surface area contributed by atoms with Gasteiger partial charge in [0.25, 0.3) is 11.8 Å². The average molecular weight is 687 g/mol. The molecule has 3 aromatic rings. The minimum Gasteiger partial charge on any atom is -0.490 e. The first-order chi connectivity index (χ1) is 18.0. The number of hydrogen-bond donors (Lipinski definition) is 1. The molecular weight excluding hydrogens is 670 g/mol. The normalized spacial score (nSPS) is 15.0. The lowest BCUT2D eigenvalue weighted by Gasteiger charge is -2.26. The van der Waals surface area contributed by atoms with Crippen molar-refractivity contribution in [2.75, 3.05) is 11.5 Å².